The molecule has 0 fully saturated rings. The molecule has 1 amide bonds. The fraction of sp³-hybridized carbons (Fsp3) is 0.318. The minimum Gasteiger partial charge on any atom is -0.493 e. The summed E-state index contributed by atoms with van der Waals surface area (Å²) < 4.78 is 16.6. The third kappa shape index (κ3) is 5.22. The molecule has 0 bridgehead atoms. The number of carbonyl (C=O) groups excluding carboxylic acids is 1. The standard InChI is InChI=1S/C22H25ClN2O4/c1-25(2)18(16-6-4-5-7-17(16)23)14-24-21(26)9-8-15-12-19(27-3)22-20(13-15)28-10-11-29-22/h4-9,12-13,18H,10-11,14H2,1-3H3,(H,24,26)/b9-8+. The van der Waals surface area contributed by atoms with Crippen LogP contribution in [0.15, 0.2) is 42.5 Å². The lowest BCUT2D eigenvalue weighted by Gasteiger charge is -2.25. The van der Waals surface area contributed by atoms with Crippen LogP contribution in [-0.2, 0) is 4.79 Å². The maximum Gasteiger partial charge on any atom is 0.244 e. The molecule has 1 unspecified atom stereocenters. The predicted molar refractivity (Wildman–Crippen MR) is 114 cm³/mol. The monoisotopic (exact) mass is 416 g/mol. The Balaban J connectivity index is 1.67. The van der Waals surface area contributed by atoms with Crippen LogP contribution in [0.25, 0.3) is 6.08 Å². The van der Waals surface area contributed by atoms with Gasteiger partial charge in [-0.3, -0.25) is 4.79 Å². The second-order valence-corrected chi connectivity index (χ2v) is 7.23. The fourth-order valence-corrected chi connectivity index (χ4v) is 3.40. The van der Waals surface area contributed by atoms with E-state index in [9.17, 15) is 4.79 Å². The number of benzene rings is 2. The fourth-order valence-electron chi connectivity index (χ4n) is 3.13. The van der Waals surface area contributed by atoms with Gasteiger partial charge < -0.3 is 24.4 Å². The highest BCUT2D eigenvalue weighted by Crippen LogP contribution is 2.40. The molecule has 1 N–H and O–H groups in total. The molecule has 6 nitrogen and oxygen atoms in total. The molecule has 0 aromatic heterocycles. The quantitative estimate of drug-likeness (QED) is 0.699. The Bertz CT molecular complexity index is 881. The first-order chi connectivity index (χ1) is 14.0. The molecule has 0 saturated carbocycles. The van der Waals surface area contributed by atoms with E-state index in [1.807, 2.05) is 55.4 Å². The van der Waals surface area contributed by atoms with Gasteiger partial charge in [-0.2, -0.15) is 0 Å². The largest absolute Gasteiger partial charge is 0.493 e. The number of rotatable bonds is 7. The van der Waals surface area contributed by atoms with Crippen molar-refractivity contribution < 1.29 is 19.0 Å². The minimum absolute atomic E-state index is 0.0320. The van der Waals surface area contributed by atoms with Gasteiger partial charge in [0.2, 0.25) is 11.7 Å². The van der Waals surface area contributed by atoms with E-state index < -0.39 is 0 Å². The van der Waals surface area contributed by atoms with Crippen molar-refractivity contribution in [1.82, 2.24) is 10.2 Å². The van der Waals surface area contributed by atoms with E-state index >= 15 is 0 Å². The molecule has 1 aliphatic heterocycles. The summed E-state index contributed by atoms with van der Waals surface area (Å²) in [5, 5.41) is 3.62. The lowest BCUT2D eigenvalue weighted by atomic mass is 10.1. The van der Waals surface area contributed by atoms with Crippen LogP contribution in [0.3, 0.4) is 0 Å². The number of halogens is 1. The van der Waals surface area contributed by atoms with Crippen molar-refractivity contribution in [2.24, 2.45) is 0 Å². The Labute approximate surface area is 176 Å². The molecule has 3 rings (SSSR count). The summed E-state index contributed by atoms with van der Waals surface area (Å²) >= 11 is 6.32. The molecule has 2 aromatic rings. The molecule has 0 spiro atoms. The summed E-state index contributed by atoms with van der Waals surface area (Å²) in [5.41, 5.74) is 1.76. The van der Waals surface area contributed by atoms with Crippen LogP contribution in [0, 0.1) is 0 Å². The minimum atomic E-state index is -0.197. The van der Waals surface area contributed by atoms with Gasteiger partial charge in [-0.1, -0.05) is 29.8 Å². The molecule has 1 heterocycles. The average molecular weight is 417 g/mol. The lowest BCUT2D eigenvalue weighted by molar-refractivity contribution is -0.116. The van der Waals surface area contributed by atoms with Crippen LogP contribution in [0.5, 0.6) is 17.2 Å². The van der Waals surface area contributed by atoms with E-state index in [-0.39, 0.29) is 11.9 Å². The van der Waals surface area contributed by atoms with Crippen molar-refractivity contribution in [3.05, 3.63) is 58.6 Å². The molecule has 154 valence electrons. The smallest absolute Gasteiger partial charge is 0.244 e. The van der Waals surface area contributed by atoms with E-state index in [2.05, 4.69) is 5.32 Å². The Morgan fingerprint density at radius 1 is 1.28 bits per heavy atom. The number of amides is 1. The van der Waals surface area contributed by atoms with Gasteiger partial charge >= 0.3 is 0 Å². The van der Waals surface area contributed by atoms with E-state index in [0.717, 1.165) is 11.1 Å². The number of hydrogen-bond donors (Lipinski definition) is 1. The molecular formula is C22H25ClN2O4. The lowest BCUT2D eigenvalue weighted by Crippen LogP contribution is -2.33. The zero-order valence-corrected chi connectivity index (χ0v) is 17.5. The highest BCUT2D eigenvalue weighted by atomic mass is 35.5. The molecule has 0 saturated heterocycles. The predicted octanol–water partition coefficient (Wildman–Crippen LogP) is 3.55. The molecular weight excluding hydrogens is 392 g/mol. The maximum absolute atomic E-state index is 12.4. The Hall–Kier alpha value is -2.70. The number of methoxy groups -OCH3 is 1. The molecule has 0 aliphatic carbocycles. The number of fused-ring (bicyclic) bond motifs is 1. The number of nitrogens with zero attached hydrogens (tertiary/aromatic N) is 1. The van der Waals surface area contributed by atoms with Crippen molar-refractivity contribution in [2.45, 2.75) is 6.04 Å². The first-order valence-corrected chi connectivity index (χ1v) is 9.71. The van der Waals surface area contributed by atoms with Crippen LogP contribution >= 0.6 is 11.6 Å². The van der Waals surface area contributed by atoms with Crippen LogP contribution in [0.4, 0.5) is 0 Å². The van der Waals surface area contributed by atoms with E-state index in [1.54, 1.807) is 13.2 Å². The molecule has 2 aromatic carbocycles. The van der Waals surface area contributed by atoms with Gasteiger partial charge in [-0.15, -0.1) is 0 Å². The van der Waals surface area contributed by atoms with Crippen molar-refractivity contribution in [3.8, 4) is 17.2 Å². The van der Waals surface area contributed by atoms with Crippen molar-refractivity contribution in [1.29, 1.82) is 0 Å². The number of ether oxygens (including phenoxy) is 3. The molecule has 0 radical (unpaired) electrons. The number of likely N-dealkylation sites (N-methyl/N-ethyl adjacent to an activating group) is 1. The van der Waals surface area contributed by atoms with Gasteiger partial charge in [0.25, 0.3) is 0 Å². The average Bonchev–Trinajstić information content (AvgIpc) is 2.72. The SMILES string of the molecule is COc1cc(/C=C/C(=O)NCC(c2ccccc2Cl)N(C)C)cc2c1OCCO2. The van der Waals surface area contributed by atoms with Gasteiger partial charge in [0, 0.05) is 17.6 Å². The van der Waals surface area contributed by atoms with Crippen LogP contribution < -0.4 is 19.5 Å². The maximum atomic E-state index is 12.4. The van der Waals surface area contributed by atoms with Gasteiger partial charge in [-0.05, 0) is 49.5 Å². The van der Waals surface area contributed by atoms with Crippen LogP contribution in [0.1, 0.15) is 17.2 Å². The Morgan fingerprint density at radius 3 is 2.76 bits per heavy atom. The number of hydrogen-bond acceptors (Lipinski definition) is 5. The first kappa shape index (κ1) is 21.0. The number of nitrogens with one attached hydrogen (secondary N) is 1. The molecule has 7 heteroatoms. The summed E-state index contributed by atoms with van der Waals surface area (Å²) in [4.78, 5) is 14.4. The topological polar surface area (TPSA) is 60.0 Å². The molecule has 1 atom stereocenters. The number of carbonyl (C=O) groups is 1. The normalized spacial score (nSPS) is 14.1. The van der Waals surface area contributed by atoms with E-state index in [1.165, 1.54) is 6.08 Å². The van der Waals surface area contributed by atoms with Crippen LogP contribution in [-0.4, -0.2) is 51.8 Å². The highest BCUT2D eigenvalue weighted by Gasteiger charge is 2.19. The zero-order valence-electron chi connectivity index (χ0n) is 16.8. The van der Waals surface area contributed by atoms with E-state index in [0.29, 0.717) is 42.0 Å². The van der Waals surface area contributed by atoms with Crippen molar-refractivity contribution >= 4 is 23.6 Å². The van der Waals surface area contributed by atoms with E-state index in [4.69, 9.17) is 25.8 Å². The zero-order chi connectivity index (χ0) is 20.8. The summed E-state index contributed by atoms with van der Waals surface area (Å²) in [6, 6.07) is 11.3. The Kier molecular flexibility index (Phi) is 7.01. The van der Waals surface area contributed by atoms with Gasteiger partial charge in [-0.25, -0.2) is 0 Å². The van der Waals surface area contributed by atoms with Crippen molar-refractivity contribution in [2.75, 3.05) is 41.0 Å². The third-order valence-electron chi connectivity index (χ3n) is 4.63. The van der Waals surface area contributed by atoms with Gasteiger partial charge in [0.15, 0.2) is 11.5 Å². The molecule has 1 aliphatic rings. The molecule has 29 heavy (non-hydrogen) atoms. The summed E-state index contributed by atoms with van der Waals surface area (Å²) in [5.74, 6) is 1.59. The second-order valence-electron chi connectivity index (χ2n) is 6.83. The van der Waals surface area contributed by atoms with Crippen LogP contribution in [0.2, 0.25) is 5.02 Å². The Morgan fingerprint density at radius 2 is 2.03 bits per heavy atom. The third-order valence-corrected chi connectivity index (χ3v) is 4.98. The summed E-state index contributed by atoms with van der Waals surface area (Å²) in [6.45, 7) is 1.40. The van der Waals surface area contributed by atoms with Crippen molar-refractivity contribution in [3.63, 3.8) is 0 Å². The second kappa shape index (κ2) is 9.67. The summed E-state index contributed by atoms with van der Waals surface area (Å²) in [6.07, 6.45) is 3.21. The van der Waals surface area contributed by atoms with Gasteiger partial charge in [0.05, 0.1) is 13.2 Å². The first-order valence-electron chi connectivity index (χ1n) is 9.34. The highest BCUT2D eigenvalue weighted by molar-refractivity contribution is 6.31. The van der Waals surface area contributed by atoms with Gasteiger partial charge in [0.1, 0.15) is 13.2 Å². The summed E-state index contributed by atoms with van der Waals surface area (Å²) in [7, 11) is 5.48.